The molecule has 4 rings (SSSR count). The Labute approximate surface area is 174 Å². The third kappa shape index (κ3) is 3.14. The quantitative estimate of drug-likeness (QED) is 0.588. The number of alkyl halides is 2. The topological polar surface area (TPSA) is 70.4 Å². The molecule has 30 heavy (non-hydrogen) atoms. The van der Waals surface area contributed by atoms with Crippen molar-refractivity contribution in [3.8, 4) is 0 Å². The fourth-order valence-electron chi connectivity index (χ4n) is 3.39. The van der Waals surface area contributed by atoms with Gasteiger partial charge < -0.3 is 9.31 Å². The molecular weight excluding hydrogens is 413 g/mol. The van der Waals surface area contributed by atoms with Gasteiger partial charge in [0.25, 0.3) is 16.4 Å². The van der Waals surface area contributed by atoms with Crippen LogP contribution in [0, 0.1) is 0 Å². The summed E-state index contributed by atoms with van der Waals surface area (Å²) in [6.45, 7) is 7.50. The van der Waals surface area contributed by atoms with E-state index in [1.54, 1.807) is 12.1 Å². The second kappa shape index (κ2) is 6.86. The summed E-state index contributed by atoms with van der Waals surface area (Å²) in [5.41, 5.74) is -1.59. The number of hydrogen-bond acceptors (Lipinski definition) is 5. The SMILES string of the molecule is CC1(C)OB(c2ccnc3c2cc(C(F)F)n3S(=O)(=O)c2ccccc2)OC1(C)C. The highest BCUT2D eigenvalue weighted by molar-refractivity contribution is 7.90. The number of hydrogen-bond donors (Lipinski definition) is 0. The summed E-state index contributed by atoms with van der Waals surface area (Å²) in [5, 5.41) is 0.241. The molecule has 0 amide bonds. The lowest BCUT2D eigenvalue weighted by atomic mass is 9.78. The van der Waals surface area contributed by atoms with Crippen molar-refractivity contribution in [1.29, 1.82) is 0 Å². The molecule has 158 valence electrons. The van der Waals surface area contributed by atoms with E-state index in [0.717, 1.165) is 6.07 Å². The predicted octanol–water partition coefficient (Wildman–Crippen LogP) is 3.51. The first kappa shape index (κ1) is 21.0. The molecule has 0 radical (unpaired) electrons. The summed E-state index contributed by atoms with van der Waals surface area (Å²) in [6.07, 6.45) is -1.65. The van der Waals surface area contributed by atoms with Crippen LogP contribution in [-0.4, -0.2) is 35.7 Å². The molecule has 1 fully saturated rings. The first-order chi connectivity index (χ1) is 14.0. The van der Waals surface area contributed by atoms with Gasteiger partial charge >= 0.3 is 7.12 Å². The van der Waals surface area contributed by atoms with Crippen molar-refractivity contribution in [2.24, 2.45) is 0 Å². The molecular formula is C20H21BF2N2O4S. The number of aromatic nitrogens is 2. The number of pyridine rings is 1. The number of halogens is 2. The Balaban J connectivity index is 1.94. The Hall–Kier alpha value is -2.30. The zero-order chi connectivity index (χ0) is 21.9. The van der Waals surface area contributed by atoms with Crippen LogP contribution in [0.4, 0.5) is 8.78 Å². The molecule has 0 bridgehead atoms. The maximum Gasteiger partial charge on any atom is 0.495 e. The van der Waals surface area contributed by atoms with E-state index in [1.807, 2.05) is 27.7 Å². The molecule has 1 aliphatic rings. The monoisotopic (exact) mass is 434 g/mol. The zero-order valence-electron chi connectivity index (χ0n) is 17.0. The van der Waals surface area contributed by atoms with Crippen molar-refractivity contribution in [2.45, 2.75) is 50.2 Å². The molecule has 0 unspecified atom stereocenters. The van der Waals surface area contributed by atoms with Crippen LogP contribution in [0.3, 0.4) is 0 Å². The summed E-state index contributed by atoms with van der Waals surface area (Å²) in [7, 11) is -5.14. The normalized spacial score (nSPS) is 18.4. The van der Waals surface area contributed by atoms with E-state index >= 15 is 0 Å². The summed E-state index contributed by atoms with van der Waals surface area (Å²) in [5.74, 6) is 0. The summed E-state index contributed by atoms with van der Waals surface area (Å²) >= 11 is 0. The van der Waals surface area contributed by atoms with Gasteiger partial charge in [-0.2, -0.15) is 0 Å². The van der Waals surface area contributed by atoms with Crippen molar-refractivity contribution in [1.82, 2.24) is 8.96 Å². The van der Waals surface area contributed by atoms with E-state index in [-0.39, 0.29) is 15.9 Å². The Kier molecular flexibility index (Phi) is 4.79. The lowest BCUT2D eigenvalue weighted by Gasteiger charge is -2.32. The van der Waals surface area contributed by atoms with Gasteiger partial charge in [0.2, 0.25) is 0 Å². The minimum atomic E-state index is -4.29. The third-order valence-corrected chi connectivity index (χ3v) is 7.47. The van der Waals surface area contributed by atoms with E-state index in [1.165, 1.54) is 30.5 Å². The number of benzene rings is 1. The van der Waals surface area contributed by atoms with Crippen LogP contribution in [0.1, 0.15) is 39.8 Å². The summed E-state index contributed by atoms with van der Waals surface area (Å²) < 4.78 is 66.9. The third-order valence-electron chi connectivity index (χ3n) is 5.73. The van der Waals surface area contributed by atoms with Gasteiger partial charge in [-0.3, -0.25) is 0 Å². The van der Waals surface area contributed by atoms with Crippen molar-refractivity contribution in [3.05, 3.63) is 54.4 Å². The fraction of sp³-hybridized carbons (Fsp3) is 0.350. The molecule has 10 heteroatoms. The molecule has 6 nitrogen and oxygen atoms in total. The van der Waals surface area contributed by atoms with Crippen LogP contribution in [0.15, 0.2) is 53.6 Å². The van der Waals surface area contributed by atoms with E-state index in [2.05, 4.69) is 4.98 Å². The minimum absolute atomic E-state index is 0.0960. The van der Waals surface area contributed by atoms with Crippen LogP contribution in [0.5, 0.6) is 0 Å². The number of fused-ring (bicyclic) bond motifs is 1. The Morgan fingerprint density at radius 3 is 2.20 bits per heavy atom. The highest BCUT2D eigenvalue weighted by Crippen LogP contribution is 2.37. The molecule has 0 spiro atoms. The molecule has 3 aromatic rings. The van der Waals surface area contributed by atoms with Gasteiger partial charge in [0.15, 0.2) is 5.65 Å². The van der Waals surface area contributed by atoms with E-state index in [0.29, 0.717) is 9.44 Å². The molecule has 3 heterocycles. The molecule has 0 N–H and O–H groups in total. The molecule has 1 saturated heterocycles. The smallest absolute Gasteiger partial charge is 0.399 e. The second-order valence-electron chi connectivity index (χ2n) is 8.18. The van der Waals surface area contributed by atoms with Crippen molar-refractivity contribution >= 4 is 33.6 Å². The highest BCUT2D eigenvalue weighted by Gasteiger charge is 2.52. The maximum atomic E-state index is 13.9. The van der Waals surface area contributed by atoms with Crippen LogP contribution in [0.2, 0.25) is 0 Å². The first-order valence-corrected chi connectivity index (χ1v) is 10.8. The van der Waals surface area contributed by atoms with Crippen molar-refractivity contribution in [3.63, 3.8) is 0 Å². The van der Waals surface area contributed by atoms with Gasteiger partial charge in [-0.05, 0) is 57.4 Å². The van der Waals surface area contributed by atoms with Gasteiger partial charge in [0.05, 0.1) is 16.1 Å². The Morgan fingerprint density at radius 1 is 1.03 bits per heavy atom. The van der Waals surface area contributed by atoms with Crippen molar-refractivity contribution in [2.75, 3.05) is 0 Å². The maximum absolute atomic E-state index is 13.9. The molecule has 2 aromatic heterocycles. The standard InChI is InChI=1S/C20H21BF2N2O4S/c1-19(2)20(3,4)29-21(28-19)15-10-11-24-18-14(15)12-16(17(22)23)25(18)30(26,27)13-8-6-5-7-9-13/h5-12,17H,1-4H3. The van der Waals surface area contributed by atoms with Gasteiger partial charge in [-0.1, -0.05) is 18.2 Å². The average molecular weight is 434 g/mol. The van der Waals surface area contributed by atoms with E-state index in [4.69, 9.17) is 9.31 Å². The molecule has 0 atom stereocenters. The Bertz CT molecular complexity index is 1190. The first-order valence-electron chi connectivity index (χ1n) is 9.40. The predicted molar refractivity (Wildman–Crippen MR) is 109 cm³/mol. The Morgan fingerprint density at radius 2 is 1.63 bits per heavy atom. The van der Waals surface area contributed by atoms with Crippen LogP contribution in [0.25, 0.3) is 11.0 Å². The summed E-state index contributed by atoms with van der Waals surface area (Å²) in [6, 6.07) is 10.2. The highest BCUT2D eigenvalue weighted by atomic mass is 32.2. The lowest BCUT2D eigenvalue weighted by molar-refractivity contribution is 0.00578. The number of rotatable bonds is 4. The van der Waals surface area contributed by atoms with Gasteiger partial charge in [0.1, 0.15) is 5.69 Å². The molecule has 0 aliphatic carbocycles. The molecule has 0 saturated carbocycles. The van der Waals surface area contributed by atoms with Gasteiger partial charge in [-0.25, -0.2) is 26.2 Å². The molecule has 1 aromatic carbocycles. The van der Waals surface area contributed by atoms with Crippen LogP contribution in [-0.2, 0) is 19.3 Å². The van der Waals surface area contributed by atoms with Crippen molar-refractivity contribution < 1.29 is 26.5 Å². The zero-order valence-corrected chi connectivity index (χ0v) is 17.8. The number of nitrogens with zero attached hydrogens (tertiary/aromatic N) is 2. The average Bonchev–Trinajstić information content (AvgIpc) is 3.17. The van der Waals surface area contributed by atoms with Crippen LogP contribution >= 0.6 is 0 Å². The lowest BCUT2D eigenvalue weighted by Crippen LogP contribution is -2.41. The summed E-state index contributed by atoms with van der Waals surface area (Å²) in [4.78, 5) is 4.02. The second-order valence-corrected chi connectivity index (χ2v) is 9.96. The fourth-order valence-corrected chi connectivity index (χ4v) is 4.89. The minimum Gasteiger partial charge on any atom is -0.399 e. The van der Waals surface area contributed by atoms with Crippen LogP contribution < -0.4 is 5.46 Å². The van der Waals surface area contributed by atoms with Gasteiger partial charge in [0, 0.05) is 11.6 Å². The van der Waals surface area contributed by atoms with Gasteiger partial charge in [-0.15, -0.1) is 0 Å². The van der Waals surface area contributed by atoms with E-state index in [9.17, 15) is 17.2 Å². The molecule has 1 aliphatic heterocycles. The van der Waals surface area contributed by atoms with E-state index < -0.39 is 40.5 Å². The largest absolute Gasteiger partial charge is 0.495 e.